The predicted molar refractivity (Wildman–Crippen MR) is 108 cm³/mol. The number of hydrogen-bond donors (Lipinski definition) is 2. The molecule has 1 aromatic carbocycles. The molecule has 3 fully saturated rings. The van der Waals surface area contributed by atoms with Crippen molar-refractivity contribution in [2.45, 2.75) is 50.2 Å². The van der Waals surface area contributed by atoms with E-state index in [1.54, 1.807) is 7.11 Å². The Hall–Kier alpha value is -1.63. The first kappa shape index (κ1) is 19.7. The van der Waals surface area contributed by atoms with Crippen LogP contribution in [0.3, 0.4) is 0 Å². The Labute approximate surface area is 168 Å². The van der Waals surface area contributed by atoms with Crippen LogP contribution >= 0.6 is 0 Å². The van der Waals surface area contributed by atoms with Gasteiger partial charge < -0.3 is 20.1 Å². The van der Waals surface area contributed by atoms with E-state index in [2.05, 4.69) is 27.7 Å². The average Bonchev–Trinajstić information content (AvgIpc) is 3.07. The maximum Gasteiger partial charge on any atom is 0.220 e. The van der Waals surface area contributed by atoms with Crippen LogP contribution in [-0.2, 0) is 9.53 Å². The van der Waals surface area contributed by atoms with Gasteiger partial charge in [-0.05, 0) is 49.3 Å². The van der Waals surface area contributed by atoms with Crippen LogP contribution < -0.4 is 15.4 Å². The average molecular weight is 388 g/mol. The van der Waals surface area contributed by atoms with Crippen LogP contribution in [0, 0.1) is 5.92 Å². The number of piperidine rings is 1. The van der Waals surface area contributed by atoms with Gasteiger partial charge in [-0.25, -0.2) is 0 Å². The largest absolute Gasteiger partial charge is 0.497 e. The van der Waals surface area contributed by atoms with E-state index < -0.39 is 0 Å². The van der Waals surface area contributed by atoms with E-state index in [9.17, 15) is 4.79 Å². The molecular weight excluding hydrogens is 354 g/mol. The van der Waals surface area contributed by atoms with Crippen molar-refractivity contribution in [3.63, 3.8) is 0 Å². The van der Waals surface area contributed by atoms with Crippen molar-refractivity contribution >= 4 is 5.91 Å². The van der Waals surface area contributed by atoms with Crippen molar-refractivity contribution in [3.05, 3.63) is 29.8 Å². The molecule has 3 aliphatic heterocycles. The maximum absolute atomic E-state index is 12.7. The zero-order chi connectivity index (χ0) is 19.3. The summed E-state index contributed by atoms with van der Waals surface area (Å²) in [5.41, 5.74) is 1.21. The predicted octanol–water partition coefficient (Wildman–Crippen LogP) is 2.11. The van der Waals surface area contributed by atoms with Gasteiger partial charge in [0.25, 0.3) is 0 Å². The molecule has 2 N–H and O–H groups in total. The Morgan fingerprint density at radius 3 is 2.54 bits per heavy atom. The van der Waals surface area contributed by atoms with E-state index >= 15 is 0 Å². The van der Waals surface area contributed by atoms with Crippen molar-refractivity contribution in [2.24, 2.45) is 5.92 Å². The number of methoxy groups -OCH3 is 1. The molecule has 1 aromatic rings. The number of hydrogen-bond acceptors (Lipinski definition) is 5. The molecule has 4 rings (SSSR count). The second-order valence-electron chi connectivity index (χ2n) is 8.42. The Morgan fingerprint density at radius 1 is 1.21 bits per heavy atom. The maximum atomic E-state index is 12.7. The number of ether oxygens (including phenoxy) is 2. The first-order valence-corrected chi connectivity index (χ1v) is 10.7. The molecule has 6 heteroatoms. The number of carbonyl (C=O) groups is 1. The first-order valence-electron chi connectivity index (χ1n) is 10.7. The van der Waals surface area contributed by atoms with Crippen LogP contribution in [0.2, 0.25) is 0 Å². The van der Waals surface area contributed by atoms with E-state index in [4.69, 9.17) is 9.47 Å². The molecule has 28 heavy (non-hydrogen) atoms. The molecule has 3 saturated heterocycles. The molecule has 0 saturated carbocycles. The van der Waals surface area contributed by atoms with Gasteiger partial charge in [-0.15, -0.1) is 0 Å². The highest BCUT2D eigenvalue weighted by Gasteiger charge is 2.34. The lowest BCUT2D eigenvalue weighted by Crippen LogP contribution is -2.44. The number of nitrogens with zero attached hydrogens (tertiary/aromatic N) is 1. The summed E-state index contributed by atoms with van der Waals surface area (Å²) in [7, 11) is 1.68. The highest BCUT2D eigenvalue weighted by atomic mass is 16.5. The molecule has 0 spiro atoms. The monoisotopic (exact) mass is 387 g/mol. The Morgan fingerprint density at radius 2 is 1.89 bits per heavy atom. The number of rotatable bonds is 7. The second-order valence-corrected chi connectivity index (χ2v) is 8.42. The standard InChI is InChI=1S/C22H33N3O3/c1-27-20-6-2-17(3-7-20)21(25-8-10-28-11-9-25)15-23-22(26)14-16-12-18-4-5-19(13-16)24-18/h2-3,6-7,16,18-19,21,24H,4-5,8-15H2,1H3,(H,23,26). The van der Waals surface area contributed by atoms with Crippen molar-refractivity contribution in [3.8, 4) is 5.75 Å². The van der Waals surface area contributed by atoms with Gasteiger partial charge in [-0.1, -0.05) is 12.1 Å². The smallest absolute Gasteiger partial charge is 0.220 e. The molecule has 3 unspecified atom stereocenters. The summed E-state index contributed by atoms with van der Waals surface area (Å²) in [6.45, 7) is 3.92. The second kappa shape index (κ2) is 9.25. The summed E-state index contributed by atoms with van der Waals surface area (Å²) in [5.74, 6) is 1.58. The van der Waals surface area contributed by atoms with Crippen LogP contribution in [0.15, 0.2) is 24.3 Å². The number of nitrogens with one attached hydrogen (secondary N) is 2. The van der Waals surface area contributed by atoms with Crippen LogP contribution in [0.4, 0.5) is 0 Å². The third kappa shape index (κ3) is 4.85. The van der Waals surface area contributed by atoms with Crippen molar-refractivity contribution < 1.29 is 14.3 Å². The first-order chi connectivity index (χ1) is 13.7. The highest BCUT2D eigenvalue weighted by Crippen LogP contribution is 2.32. The summed E-state index contributed by atoms with van der Waals surface area (Å²) in [6.07, 6.45) is 5.51. The van der Waals surface area contributed by atoms with Crippen molar-refractivity contribution in [1.82, 2.24) is 15.5 Å². The molecule has 2 bridgehead atoms. The van der Waals surface area contributed by atoms with Gasteiger partial charge >= 0.3 is 0 Å². The fraction of sp³-hybridized carbons (Fsp3) is 0.682. The summed E-state index contributed by atoms with van der Waals surface area (Å²) >= 11 is 0. The molecule has 6 nitrogen and oxygen atoms in total. The number of morpholine rings is 1. The Kier molecular flexibility index (Phi) is 6.50. The van der Waals surface area contributed by atoms with E-state index in [1.807, 2.05) is 12.1 Å². The molecule has 0 aromatic heterocycles. The van der Waals surface area contributed by atoms with Gasteiger partial charge in [0.1, 0.15) is 5.75 Å². The lowest BCUT2D eigenvalue weighted by molar-refractivity contribution is -0.122. The zero-order valence-electron chi connectivity index (χ0n) is 16.9. The van der Waals surface area contributed by atoms with E-state index in [1.165, 1.54) is 18.4 Å². The van der Waals surface area contributed by atoms with E-state index in [-0.39, 0.29) is 11.9 Å². The molecular formula is C22H33N3O3. The van der Waals surface area contributed by atoms with Gasteiger partial charge in [-0.2, -0.15) is 0 Å². The van der Waals surface area contributed by atoms with Gasteiger partial charge in [0, 0.05) is 38.1 Å². The van der Waals surface area contributed by atoms with Gasteiger partial charge in [0.05, 0.1) is 26.4 Å². The van der Waals surface area contributed by atoms with Crippen LogP contribution in [0.5, 0.6) is 5.75 Å². The Bertz CT molecular complexity index is 633. The Balaban J connectivity index is 1.35. The minimum Gasteiger partial charge on any atom is -0.497 e. The van der Waals surface area contributed by atoms with Gasteiger partial charge in [0.15, 0.2) is 0 Å². The SMILES string of the molecule is COc1ccc(C(CNC(=O)CC2CC3CCC(C2)N3)N2CCOCC2)cc1. The van der Waals surface area contributed by atoms with E-state index in [0.29, 0.717) is 31.0 Å². The number of benzene rings is 1. The molecule has 0 radical (unpaired) electrons. The minimum atomic E-state index is 0.169. The molecule has 0 aliphatic carbocycles. The molecule has 1 amide bonds. The summed E-state index contributed by atoms with van der Waals surface area (Å²) in [4.78, 5) is 15.1. The number of fused-ring (bicyclic) bond motifs is 2. The number of carbonyl (C=O) groups excluding carboxylic acids is 1. The zero-order valence-corrected chi connectivity index (χ0v) is 16.9. The fourth-order valence-corrected chi connectivity index (χ4v) is 5.06. The third-order valence-electron chi connectivity index (χ3n) is 6.52. The number of amides is 1. The normalized spacial score (nSPS) is 28.7. The lowest BCUT2D eigenvalue weighted by atomic mass is 9.89. The quantitative estimate of drug-likeness (QED) is 0.750. The molecule has 3 heterocycles. The molecule has 3 aliphatic rings. The van der Waals surface area contributed by atoms with Crippen LogP contribution in [0.25, 0.3) is 0 Å². The van der Waals surface area contributed by atoms with Crippen molar-refractivity contribution in [1.29, 1.82) is 0 Å². The lowest BCUT2D eigenvalue weighted by Gasteiger charge is -2.35. The van der Waals surface area contributed by atoms with Gasteiger partial charge in [0.2, 0.25) is 5.91 Å². The highest BCUT2D eigenvalue weighted by molar-refractivity contribution is 5.76. The van der Waals surface area contributed by atoms with Gasteiger partial charge in [-0.3, -0.25) is 9.69 Å². The molecule has 154 valence electrons. The topological polar surface area (TPSA) is 62.8 Å². The van der Waals surface area contributed by atoms with Crippen LogP contribution in [0.1, 0.15) is 43.7 Å². The summed E-state index contributed by atoms with van der Waals surface area (Å²) in [5, 5.41) is 6.89. The third-order valence-corrected chi connectivity index (χ3v) is 6.52. The summed E-state index contributed by atoms with van der Waals surface area (Å²) < 4.78 is 10.8. The van der Waals surface area contributed by atoms with E-state index in [0.717, 1.165) is 44.9 Å². The molecule has 3 atom stereocenters. The summed E-state index contributed by atoms with van der Waals surface area (Å²) in [6, 6.07) is 9.65. The van der Waals surface area contributed by atoms with Crippen molar-refractivity contribution in [2.75, 3.05) is 40.0 Å². The minimum absolute atomic E-state index is 0.169. The fourth-order valence-electron chi connectivity index (χ4n) is 5.06. The van der Waals surface area contributed by atoms with Crippen LogP contribution in [-0.4, -0.2) is 62.8 Å².